The largest absolute Gasteiger partial charge is 0.386 e. The van der Waals surface area contributed by atoms with Gasteiger partial charge in [0.25, 0.3) is 0 Å². The third-order valence-electron chi connectivity index (χ3n) is 5.35. The van der Waals surface area contributed by atoms with Gasteiger partial charge in [-0.1, -0.05) is 12.1 Å². The molecule has 1 aliphatic heterocycles. The fourth-order valence-electron chi connectivity index (χ4n) is 3.71. The number of nitrogens with zero attached hydrogens (tertiary/aromatic N) is 4. The molecule has 3 heterocycles. The number of aliphatic hydroxyl groups is 1. The van der Waals surface area contributed by atoms with Gasteiger partial charge in [0.1, 0.15) is 11.6 Å². The predicted octanol–water partition coefficient (Wildman–Crippen LogP) is 2.40. The second-order valence-corrected chi connectivity index (χ2v) is 8.05. The number of amides is 1. The molecule has 8 heteroatoms. The van der Waals surface area contributed by atoms with E-state index in [9.17, 15) is 9.90 Å². The fourth-order valence-corrected chi connectivity index (χ4v) is 3.71. The van der Waals surface area contributed by atoms with Crippen molar-refractivity contribution in [2.75, 3.05) is 23.3 Å². The van der Waals surface area contributed by atoms with Crippen LogP contribution in [0.4, 0.5) is 17.3 Å². The molecule has 152 valence electrons. The highest BCUT2D eigenvalue weighted by molar-refractivity contribution is 5.77. The molecule has 2 aromatic heterocycles. The van der Waals surface area contributed by atoms with Crippen LogP contribution in [0.15, 0.2) is 42.6 Å². The van der Waals surface area contributed by atoms with Crippen molar-refractivity contribution in [3.05, 3.63) is 48.2 Å². The van der Waals surface area contributed by atoms with Gasteiger partial charge in [-0.25, -0.2) is 4.98 Å². The van der Waals surface area contributed by atoms with E-state index >= 15 is 0 Å². The molecule has 1 amide bonds. The summed E-state index contributed by atoms with van der Waals surface area (Å²) < 4.78 is 1.78. The van der Waals surface area contributed by atoms with Crippen molar-refractivity contribution in [1.82, 2.24) is 14.6 Å². The van der Waals surface area contributed by atoms with Crippen molar-refractivity contribution in [2.45, 2.75) is 32.3 Å². The van der Waals surface area contributed by atoms with E-state index in [2.05, 4.69) is 20.3 Å². The van der Waals surface area contributed by atoms with Gasteiger partial charge in [-0.05, 0) is 44.4 Å². The molecule has 8 nitrogen and oxygen atoms in total. The van der Waals surface area contributed by atoms with E-state index in [1.807, 2.05) is 36.4 Å². The molecule has 0 saturated carbocycles. The molecule has 0 unspecified atom stereocenters. The summed E-state index contributed by atoms with van der Waals surface area (Å²) in [6.07, 6.45) is 3.43. The molecule has 0 spiro atoms. The van der Waals surface area contributed by atoms with Gasteiger partial charge in [-0.15, -0.1) is 0 Å². The average Bonchev–Trinajstić information content (AvgIpc) is 3.16. The summed E-state index contributed by atoms with van der Waals surface area (Å²) in [5.41, 5.74) is 7.09. The lowest BCUT2D eigenvalue weighted by Crippen LogP contribution is -2.42. The number of nitrogens with two attached hydrogens (primary N) is 1. The van der Waals surface area contributed by atoms with Gasteiger partial charge in [-0.2, -0.15) is 9.61 Å². The molecule has 0 bridgehead atoms. The van der Waals surface area contributed by atoms with Crippen LogP contribution < -0.4 is 16.0 Å². The van der Waals surface area contributed by atoms with Crippen LogP contribution >= 0.6 is 0 Å². The zero-order valence-corrected chi connectivity index (χ0v) is 16.7. The number of rotatable bonds is 5. The first-order chi connectivity index (χ1) is 13.8. The van der Waals surface area contributed by atoms with Crippen molar-refractivity contribution in [3.8, 4) is 0 Å². The summed E-state index contributed by atoms with van der Waals surface area (Å²) in [7, 11) is 0. The Balaban J connectivity index is 1.63. The molecule has 4 rings (SSSR count). The van der Waals surface area contributed by atoms with Gasteiger partial charge in [0.15, 0.2) is 5.65 Å². The van der Waals surface area contributed by atoms with Crippen molar-refractivity contribution in [2.24, 2.45) is 11.7 Å². The van der Waals surface area contributed by atoms with E-state index in [-0.39, 0.29) is 11.8 Å². The minimum atomic E-state index is -0.883. The molecule has 1 aliphatic rings. The summed E-state index contributed by atoms with van der Waals surface area (Å²) in [5, 5.41) is 17.8. The van der Waals surface area contributed by atoms with Crippen LogP contribution in [0.5, 0.6) is 0 Å². The summed E-state index contributed by atoms with van der Waals surface area (Å²) in [6.45, 7) is 4.93. The number of fused-ring (bicyclic) bond motifs is 1. The van der Waals surface area contributed by atoms with Gasteiger partial charge in [0.05, 0.1) is 17.7 Å². The minimum absolute atomic E-state index is 0.159. The van der Waals surface area contributed by atoms with Crippen molar-refractivity contribution < 1.29 is 9.90 Å². The first-order valence-corrected chi connectivity index (χ1v) is 9.80. The Morgan fingerprint density at radius 3 is 2.72 bits per heavy atom. The predicted molar refractivity (Wildman–Crippen MR) is 112 cm³/mol. The molecular weight excluding hydrogens is 368 g/mol. The molecular formula is C21H26N6O2. The van der Waals surface area contributed by atoms with Crippen LogP contribution in [-0.2, 0) is 10.4 Å². The molecule has 1 saturated heterocycles. The number of hydrogen-bond donors (Lipinski definition) is 3. The van der Waals surface area contributed by atoms with E-state index in [0.29, 0.717) is 12.4 Å². The van der Waals surface area contributed by atoms with Gasteiger partial charge in [-0.3, -0.25) is 4.79 Å². The lowest BCUT2D eigenvalue weighted by molar-refractivity contribution is -0.122. The second kappa shape index (κ2) is 7.36. The Kier molecular flexibility index (Phi) is 4.87. The number of hydrogen-bond acceptors (Lipinski definition) is 6. The maximum absolute atomic E-state index is 11.7. The first-order valence-electron chi connectivity index (χ1n) is 9.80. The SMILES string of the molecule is CC(C)(O)c1ccc(Nc2cc(N3CCC[C@@H](C(N)=O)C3)n3nccc3n2)cc1. The van der Waals surface area contributed by atoms with Crippen LogP contribution in [0.3, 0.4) is 0 Å². The Labute approximate surface area is 169 Å². The monoisotopic (exact) mass is 394 g/mol. The number of carbonyl (C=O) groups excluding carboxylic acids is 1. The van der Waals surface area contributed by atoms with Crippen LogP contribution in [-0.4, -0.2) is 38.7 Å². The Morgan fingerprint density at radius 2 is 2.03 bits per heavy atom. The van der Waals surface area contributed by atoms with E-state index in [0.717, 1.165) is 42.1 Å². The van der Waals surface area contributed by atoms with E-state index in [1.54, 1.807) is 24.6 Å². The molecule has 1 aromatic carbocycles. The number of piperidine rings is 1. The quantitative estimate of drug-likeness (QED) is 0.613. The van der Waals surface area contributed by atoms with E-state index in [1.165, 1.54) is 0 Å². The lowest BCUT2D eigenvalue weighted by atomic mass is 9.97. The number of aromatic nitrogens is 3. The maximum Gasteiger partial charge on any atom is 0.222 e. The van der Waals surface area contributed by atoms with Crippen molar-refractivity contribution in [1.29, 1.82) is 0 Å². The third kappa shape index (κ3) is 4.02. The zero-order chi connectivity index (χ0) is 20.6. The number of benzene rings is 1. The zero-order valence-electron chi connectivity index (χ0n) is 16.7. The third-order valence-corrected chi connectivity index (χ3v) is 5.35. The van der Waals surface area contributed by atoms with Crippen LogP contribution in [0.1, 0.15) is 32.3 Å². The normalized spacial score (nSPS) is 17.5. The number of anilines is 3. The molecule has 29 heavy (non-hydrogen) atoms. The highest BCUT2D eigenvalue weighted by atomic mass is 16.3. The molecule has 1 fully saturated rings. The molecule has 0 aliphatic carbocycles. The molecule has 0 radical (unpaired) electrons. The Bertz CT molecular complexity index is 1020. The van der Waals surface area contributed by atoms with Gasteiger partial charge in [0.2, 0.25) is 5.91 Å². The minimum Gasteiger partial charge on any atom is -0.386 e. The molecule has 3 aromatic rings. The first kappa shape index (κ1) is 19.2. The Morgan fingerprint density at radius 1 is 1.28 bits per heavy atom. The van der Waals surface area contributed by atoms with Crippen LogP contribution in [0.25, 0.3) is 5.65 Å². The topological polar surface area (TPSA) is 109 Å². The van der Waals surface area contributed by atoms with E-state index < -0.39 is 5.60 Å². The standard InChI is InChI=1S/C21H26N6O2/c1-21(2,29)15-5-7-16(8-6-15)24-17-12-19(27-18(25-17)9-10-23-27)26-11-3-4-14(13-26)20(22)28/h5-10,12,14,29H,3-4,11,13H2,1-2H3,(H2,22,28)(H,24,25)/t14-/m1/s1. The van der Waals surface area contributed by atoms with Gasteiger partial charge in [0, 0.05) is 30.9 Å². The van der Waals surface area contributed by atoms with Gasteiger partial charge < -0.3 is 21.1 Å². The summed E-state index contributed by atoms with van der Waals surface area (Å²) in [4.78, 5) is 18.5. The second-order valence-electron chi connectivity index (χ2n) is 8.05. The smallest absolute Gasteiger partial charge is 0.222 e. The highest BCUT2D eigenvalue weighted by Crippen LogP contribution is 2.28. The van der Waals surface area contributed by atoms with E-state index in [4.69, 9.17) is 5.73 Å². The summed E-state index contributed by atoms with van der Waals surface area (Å²) >= 11 is 0. The Hall–Kier alpha value is -3.13. The molecule has 4 N–H and O–H groups in total. The maximum atomic E-state index is 11.7. The lowest BCUT2D eigenvalue weighted by Gasteiger charge is -2.33. The molecule has 1 atom stereocenters. The van der Waals surface area contributed by atoms with Crippen molar-refractivity contribution >= 4 is 28.9 Å². The van der Waals surface area contributed by atoms with Crippen LogP contribution in [0.2, 0.25) is 0 Å². The van der Waals surface area contributed by atoms with Gasteiger partial charge >= 0.3 is 0 Å². The summed E-state index contributed by atoms with van der Waals surface area (Å²) in [6, 6.07) is 11.4. The van der Waals surface area contributed by atoms with Crippen LogP contribution in [0, 0.1) is 5.92 Å². The number of carbonyl (C=O) groups is 1. The fraction of sp³-hybridized carbons (Fsp3) is 0.381. The average molecular weight is 394 g/mol. The number of primary amides is 1. The number of nitrogens with one attached hydrogen (secondary N) is 1. The summed E-state index contributed by atoms with van der Waals surface area (Å²) in [5.74, 6) is 1.14. The van der Waals surface area contributed by atoms with Crippen molar-refractivity contribution in [3.63, 3.8) is 0 Å². The highest BCUT2D eigenvalue weighted by Gasteiger charge is 2.26.